The molecule has 0 aliphatic carbocycles. The highest BCUT2D eigenvalue weighted by molar-refractivity contribution is 6.34. The Bertz CT molecular complexity index is 1430. The monoisotopic (exact) mass is 633 g/mol. The average molecular weight is 634 g/mol. The smallest absolute Gasteiger partial charge is 0.408 e. The number of hydrogen-bond donors (Lipinski definition) is 2. The van der Waals surface area contributed by atoms with Crippen molar-refractivity contribution in [1.82, 2.24) is 10.2 Å². The van der Waals surface area contributed by atoms with E-state index >= 15 is 0 Å². The minimum Gasteiger partial charge on any atom is -0.444 e. The van der Waals surface area contributed by atoms with E-state index in [0.29, 0.717) is 23.7 Å². The third-order valence-electron chi connectivity index (χ3n) is 7.57. The van der Waals surface area contributed by atoms with Gasteiger partial charge in [-0.05, 0) is 76.3 Å². The number of para-hydroxylation sites is 1. The second kappa shape index (κ2) is 16.5. The number of halogens is 1. The molecule has 0 aliphatic heterocycles. The lowest BCUT2D eigenvalue weighted by molar-refractivity contribution is -0.140. The Morgan fingerprint density at radius 1 is 0.889 bits per heavy atom. The van der Waals surface area contributed by atoms with E-state index < -0.39 is 23.8 Å². The zero-order valence-corrected chi connectivity index (χ0v) is 28.5. The Morgan fingerprint density at radius 3 is 2.24 bits per heavy atom. The molecule has 2 atom stereocenters. The molecule has 0 heterocycles. The summed E-state index contributed by atoms with van der Waals surface area (Å²) in [4.78, 5) is 43.9. The molecule has 0 bridgehead atoms. The highest BCUT2D eigenvalue weighted by atomic mass is 35.5. The van der Waals surface area contributed by atoms with Crippen molar-refractivity contribution in [3.05, 3.63) is 99.6 Å². The quantitative estimate of drug-likeness (QED) is 0.185. The van der Waals surface area contributed by atoms with Gasteiger partial charge in [0.25, 0.3) is 5.91 Å². The Labute approximate surface area is 273 Å². The van der Waals surface area contributed by atoms with Crippen LogP contribution in [0.3, 0.4) is 0 Å². The molecule has 0 spiro atoms. The molecule has 0 saturated carbocycles. The van der Waals surface area contributed by atoms with Gasteiger partial charge in [-0.2, -0.15) is 0 Å². The van der Waals surface area contributed by atoms with E-state index in [4.69, 9.17) is 16.3 Å². The number of carbonyl (C=O) groups excluding carboxylic acids is 3. The molecule has 45 heavy (non-hydrogen) atoms. The van der Waals surface area contributed by atoms with Crippen molar-refractivity contribution in [2.75, 3.05) is 11.9 Å². The van der Waals surface area contributed by atoms with Crippen molar-refractivity contribution >= 4 is 35.2 Å². The average Bonchev–Trinajstić information content (AvgIpc) is 2.97. The first-order chi connectivity index (χ1) is 21.3. The van der Waals surface area contributed by atoms with Crippen LogP contribution in [0.25, 0.3) is 0 Å². The lowest BCUT2D eigenvalue weighted by Crippen LogP contribution is -2.53. The van der Waals surface area contributed by atoms with Gasteiger partial charge < -0.3 is 20.3 Å². The fourth-order valence-corrected chi connectivity index (χ4v) is 5.53. The van der Waals surface area contributed by atoms with Crippen LogP contribution in [0.1, 0.15) is 87.2 Å². The zero-order valence-electron chi connectivity index (χ0n) is 27.7. The molecule has 3 aromatic carbocycles. The summed E-state index contributed by atoms with van der Waals surface area (Å²) in [6.07, 6.45) is 3.16. The van der Waals surface area contributed by atoms with E-state index in [0.717, 1.165) is 47.1 Å². The second-order valence-corrected chi connectivity index (χ2v) is 13.1. The van der Waals surface area contributed by atoms with Crippen LogP contribution < -0.4 is 10.6 Å². The maximum atomic E-state index is 14.8. The molecule has 242 valence electrons. The first-order valence-corrected chi connectivity index (χ1v) is 16.2. The normalized spacial score (nSPS) is 12.6. The maximum Gasteiger partial charge on any atom is 0.408 e. The van der Waals surface area contributed by atoms with E-state index in [9.17, 15) is 14.4 Å². The predicted octanol–water partition coefficient (Wildman–Crippen LogP) is 8.49. The Morgan fingerprint density at radius 2 is 1.60 bits per heavy atom. The van der Waals surface area contributed by atoms with Gasteiger partial charge in [-0.1, -0.05) is 104 Å². The summed E-state index contributed by atoms with van der Waals surface area (Å²) < 4.78 is 5.57. The summed E-state index contributed by atoms with van der Waals surface area (Å²) in [5.74, 6) is -0.738. The van der Waals surface area contributed by atoms with E-state index in [1.54, 1.807) is 31.7 Å². The summed E-state index contributed by atoms with van der Waals surface area (Å²) in [6.45, 7) is 13.6. The van der Waals surface area contributed by atoms with Crippen molar-refractivity contribution in [3.63, 3.8) is 0 Å². The van der Waals surface area contributed by atoms with Crippen LogP contribution in [0.2, 0.25) is 5.02 Å². The first-order valence-electron chi connectivity index (χ1n) is 15.8. The number of unbranched alkanes of at least 4 members (excludes halogenated alkanes) is 3. The standard InChI is InChI=1S/C37H48ClN3O4/c1-8-9-10-14-22-41(35(43)31(24-28-17-12-11-13-18-28)39-36(44)45-37(5,6)7)33(29-23-25(2)20-21-26(29)3)34(42)40-32-27(4)16-15-19-30(32)38/h11-13,15-21,23,31,33H,8-10,14,22,24H2,1-7H3,(H,39,44)(H,40,42). The van der Waals surface area contributed by atoms with Gasteiger partial charge in [0.15, 0.2) is 0 Å². The van der Waals surface area contributed by atoms with Crippen LogP contribution in [0, 0.1) is 20.8 Å². The van der Waals surface area contributed by atoms with Crippen LogP contribution >= 0.6 is 11.6 Å². The number of aryl methyl sites for hydroxylation is 3. The number of rotatable bonds is 13. The number of ether oxygens (including phenoxy) is 1. The minimum atomic E-state index is -0.978. The van der Waals surface area contributed by atoms with Crippen molar-refractivity contribution < 1.29 is 19.1 Å². The summed E-state index contributed by atoms with van der Waals surface area (Å²) >= 11 is 6.54. The molecule has 0 fully saturated rings. The van der Waals surface area contributed by atoms with Gasteiger partial charge in [-0.15, -0.1) is 0 Å². The SMILES string of the molecule is CCCCCCN(C(=O)C(Cc1ccccc1)NC(=O)OC(C)(C)C)C(C(=O)Nc1c(C)cccc1Cl)c1cc(C)ccc1C. The van der Waals surface area contributed by atoms with Gasteiger partial charge in [0.05, 0.1) is 10.7 Å². The molecule has 0 aliphatic rings. The third kappa shape index (κ3) is 10.6. The Kier molecular flexibility index (Phi) is 13.0. The lowest BCUT2D eigenvalue weighted by atomic mass is 9.95. The molecule has 0 radical (unpaired) electrons. The van der Waals surface area contributed by atoms with Crippen LogP contribution in [0.4, 0.5) is 10.5 Å². The minimum absolute atomic E-state index is 0.231. The number of hydrogen-bond acceptors (Lipinski definition) is 4. The lowest BCUT2D eigenvalue weighted by Gasteiger charge is -2.35. The number of anilines is 1. The fourth-order valence-electron chi connectivity index (χ4n) is 5.26. The summed E-state index contributed by atoms with van der Waals surface area (Å²) in [5.41, 5.74) is 4.00. The van der Waals surface area contributed by atoms with Crippen molar-refractivity contribution in [1.29, 1.82) is 0 Å². The molecule has 3 rings (SSSR count). The summed E-state index contributed by atoms with van der Waals surface area (Å²) in [6, 6.07) is 18.9. The highest BCUT2D eigenvalue weighted by Gasteiger charge is 2.37. The number of nitrogens with zero attached hydrogens (tertiary/aromatic N) is 1. The predicted molar refractivity (Wildman–Crippen MR) is 183 cm³/mol. The highest BCUT2D eigenvalue weighted by Crippen LogP contribution is 2.31. The van der Waals surface area contributed by atoms with Gasteiger partial charge in [0.2, 0.25) is 5.91 Å². The first kappa shape index (κ1) is 35.6. The molecular weight excluding hydrogens is 586 g/mol. The van der Waals surface area contributed by atoms with Crippen molar-refractivity contribution in [2.24, 2.45) is 0 Å². The summed E-state index contributed by atoms with van der Waals surface area (Å²) in [7, 11) is 0. The Balaban J connectivity index is 2.14. The van der Waals surface area contributed by atoms with Gasteiger partial charge in [-0.3, -0.25) is 9.59 Å². The fraction of sp³-hybridized carbons (Fsp3) is 0.432. The molecule has 0 saturated heterocycles. The third-order valence-corrected chi connectivity index (χ3v) is 7.88. The largest absolute Gasteiger partial charge is 0.444 e. The van der Waals surface area contributed by atoms with Gasteiger partial charge >= 0.3 is 6.09 Å². The van der Waals surface area contributed by atoms with E-state index in [2.05, 4.69) is 17.6 Å². The molecule has 2 N–H and O–H groups in total. The van der Waals surface area contributed by atoms with Gasteiger partial charge in [-0.25, -0.2) is 4.79 Å². The Hall–Kier alpha value is -3.84. The number of nitrogens with one attached hydrogen (secondary N) is 2. The maximum absolute atomic E-state index is 14.8. The van der Waals surface area contributed by atoms with Crippen LogP contribution in [0.5, 0.6) is 0 Å². The topological polar surface area (TPSA) is 87.7 Å². The van der Waals surface area contributed by atoms with E-state index in [1.165, 1.54) is 0 Å². The molecule has 7 nitrogen and oxygen atoms in total. The molecular formula is C37H48ClN3O4. The zero-order chi connectivity index (χ0) is 33.1. The molecule has 3 aromatic rings. The number of alkyl carbamates (subject to hydrolysis) is 1. The van der Waals surface area contributed by atoms with E-state index in [1.807, 2.05) is 81.4 Å². The molecule has 3 amide bonds. The number of benzene rings is 3. The molecule has 2 unspecified atom stereocenters. The van der Waals surface area contributed by atoms with Crippen LogP contribution in [0.15, 0.2) is 66.7 Å². The van der Waals surface area contributed by atoms with Crippen molar-refractivity contribution in [2.45, 2.75) is 98.3 Å². The van der Waals surface area contributed by atoms with Gasteiger partial charge in [0.1, 0.15) is 17.7 Å². The number of amides is 3. The van der Waals surface area contributed by atoms with Crippen molar-refractivity contribution in [3.8, 4) is 0 Å². The number of carbonyl (C=O) groups is 3. The molecule has 0 aromatic heterocycles. The van der Waals surface area contributed by atoms with E-state index in [-0.39, 0.29) is 18.2 Å². The second-order valence-electron chi connectivity index (χ2n) is 12.7. The van der Waals surface area contributed by atoms with Crippen LogP contribution in [-0.2, 0) is 20.7 Å². The van der Waals surface area contributed by atoms with Crippen LogP contribution in [-0.4, -0.2) is 41.0 Å². The van der Waals surface area contributed by atoms with Gasteiger partial charge in [0, 0.05) is 13.0 Å². The molecule has 8 heteroatoms. The summed E-state index contributed by atoms with van der Waals surface area (Å²) in [5, 5.41) is 6.30.